The van der Waals surface area contributed by atoms with E-state index in [1.807, 2.05) is 60.7 Å². The van der Waals surface area contributed by atoms with E-state index in [0.29, 0.717) is 53.8 Å². The molecule has 0 saturated heterocycles. The van der Waals surface area contributed by atoms with Crippen molar-refractivity contribution < 1.29 is 14.7 Å². The Morgan fingerprint density at radius 3 is 2.47 bits per heavy atom. The van der Waals surface area contributed by atoms with E-state index in [4.69, 9.17) is 26.7 Å². The first-order valence-corrected chi connectivity index (χ1v) is 13.2. The Kier molecular flexibility index (Phi) is 7.91. The molecule has 0 spiro atoms. The van der Waals surface area contributed by atoms with Gasteiger partial charge in [0.2, 0.25) is 0 Å². The fraction of sp³-hybridized carbons (Fsp3) is 0.226. The maximum Gasteiger partial charge on any atom is 0.303 e. The van der Waals surface area contributed by atoms with Gasteiger partial charge in [0.1, 0.15) is 0 Å². The van der Waals surface area contributed by atoms with Gasteiger partial charge in [-0.1, -0.05) is 60.1 Å². The lowest BCUT2D eigenvalue weighted by Crippen LogP contribution is -2.39. The highest BCUT2D eigenvalue weighted by atomic mass is 35.5. The predicted molar refractivity (Wildman–Crippen MR) is 150 cm³/mol. The number of rotatable bonds is 9. The van der Waals surface area contributed by atoms with Crippen LogP contribution in [0.3, 0.4) is 0 Å². The van der Waals surface area contributed by atoms with Crippen LogP contribution in [0.15, 0.2) is 78.9 Å². The summed E-state index contributed by atoms with van der Waals surface area (Å²) in [5.74, 6) is -0.780. The summed E-state index contributed by atoms with van der Waals surface area (Å²) in [4.78, 5) is 34.3. The number of carboxylic acid groups (broad SMARTS) is 1. The average molecular weight is 526 g/mol. The van der Waals surface area contributed by atoms with Crippen LogP contribution in [0.4, 0.5) is 0 Å². The largest absolute Gasteiger partial charge is 0.481 e. The van der Waals surface area contributed by atoms with Gasteiger partial charge >= 0.3 is 5.97 Å². The molecule has 0 radical (unpaired) electrons. The first-order valence-electron chi connectivity index (χ1n) is 12.8. The van der Waals surface area contributed by atoms with Gasteiger partial charge in [-0.25, -0.2) is 9.97 Å². The molecule has 0 amide bonds. The topological polar surface area (TPSA) is 92.2 Å². The average Bonchev–Trinajstić information content (AvgIpc) is 2.95. The Morgan fingerprint density at radius 2 is 1.71 bits per heavy atom. The third-order valence-electron chi connectivity index (χ3n) is 6.79. The number of carbonyl (C=O) groups excluding carboxylic acids is 1. The second-order valence-electron chi connectivity index (χ2n) is 9.45. The minimum Gasteiger partial charge on any atom is -0.481 e. The number of unbranched alkanes of at least 4 members (excludes halogenated alkanes) is 1. The monoisotopic (exact) mass is 525 g/mol. The summed E-state index contributed by atoms with van der Waals surface area (Å²) < 4.78 is 0. The van der Waals surface area contributed by atoms with Crippen LogP contribution in [0, 0.1) is 0 Å². The molecular formula is C31H28ClN3O3. The molecule has 2 heterocycles. The van der Waals surface area contributed by atoms with Crippen molar-refractivity contribution in [1.82, 2.24) is 15.3 Å². The Labute approximate surface area is 226 Å². The van der Waals surface area contributed by atoms with Crippen molar-refractivity contribution in [3.63, 3.8) is 0 Å². The number of fused-ring (bicyclic) bond motifs is 1. The van der Waals surface area contributed by atoms with Gasteiger partial charge in [-0.05, 0) is 67.2 Å². The van der Waals surface area contributed by atoms with Gasteiger partial charge in [0.05, 0.1) is 28.5 Å². The molecule has 0 aliphatic carbocycles. The van der Waals surface area contributed by atoms with Gasteiger partial charge in [-0.3, -0.25) is 9.59 Å². The Balaban J connectivity index is 1.43. The number of hydrogen-bond acceptors (Lipinski definition) is 5. The molecule has 7 heteroatoms. The van der Waals surface area contributed by atoms with Gasteiger partial charge in [-0.15, -0.1) is 0 Å². The zero-order chi connectivity index (χ0) is 26.5. The second kappa shape index (κ2) is 11.7. The second-order valence-corrected chi connectivity index (χ2v) is 9.89. The van der Waals surface area contributed by atoms with Crippen LogP contribution < -0.4 is 5.32 Å². The Bertz CT molecular complexity index is 1500. The van der Waals surface area contributed by atoms with Crippen molar-refractivity contribution >= 4 is 40.0 Å². The number of benzene rings is 3. The molecule has 38 heavy (non-hydrogen) atoms. The maximum absolute atomic E-state index is 13.5. The summed E-state index contributed by atoms with van der Waals surface area (Å²) in [7, 11) is 0. The molecule has 1 atom stereocenters. The molecule has 0 saturated carbocycles. The summed E-state index contributed by atoms with van der Waals surface area (Å²) in [6, 6.07) is 22.8. The lowest BCUT2D eigenvalue weighted by Gasteiger charge is -2.23. The first-order chi connectivity index (χ1) is 18.5. The van der Waals surface area contributed by atoms with Gasteiger partial charge in [0.15, 0.2) is 5.78 Å². The molecule has 1 aromatic heterocycles. The molecule has 3 aromatic carbocycles. The van der Waals surface area contributed by atoms with Gasteiger partial charge in [0, 0.05) is 29.1 Å². The number of aromatic nitrogens is 2. The fourth-order valence-corrected chi connectivity index (χ4v) is 4.93. The number of halogens is 1. The molecule has 1 aliphatic heterocycles. The van der Waals surface area contributed by atoms with E-state index in [2.05, 4.69) is 23.5 Å². The van der Waals surface area contributed by atoms with Crippen LogP contribution in [0.25, 0.3) is 27.9 Å². The highest BCUT2D eigenvalue weighted by molar-refractivity contribution is 6.30. The molecule has 2 N–H and O–H groups in total. The van der Waals surface area contributed by atoms with Gasteiger partial charge in [0.25, 0.3) is 0 Å². The molecule has 5 rings (SSSR count). The highest BCUT2D eigenvalue weighted by Crippen LogP contribution is 2.28. The standard InChI is InChI=1S/C31H28ClN3O3/c32-24-13-10-21(11-14-24)30-26(8-4-5-9-29(36)37)34-27-19-23(12-15-25(27)35-30)31(38)28-18-22(16-17-33-28)20-6-2-1-3-7-20/h1-3,6-7,10-16,19,28,33H,4-5,8-9,17-18H2,(H,36,37). The number of carbonyl (C=O) groups is 2. The molecule has 4 aromatic rings. The maximum atomic E-state index is 13.5. The van der Waals surface area contributed by atoms with Crippen molar-refractivity contribution in [2.45, 2.75) is 38.1 Å². The van der Waals surface area contributed by atoms with E-state index >= 15 is 0 Å². The lowest BCUT2D eigenvalue weighted by molar-refractivity contribution is -0.137. The van der Waals surface area contributed by atoms with Crippen LogP contribution in [0.5, 0.6) is 0 Å². The third kappa shape index (κ3) is 5.98. The minimum atomic E-state index is -0.808. The number of nitrogens with one attached hydrogen (secondary N) is 1. The molecule has 0 bridgehead atoms. The zero-order valence-corrected chi connectivity index (χ0v) is 21.6. The number of hydrogen-bond donors (Lipinski definition) is 2. The Hall–Kier alpha value is -3.87. The van der Waals surface area contributed by atoms with Gasteiger partial charge in [-0.2, -0.15) is 0 Å². The van der Waals surface area contributed by atoms with Crippen molar-refractivity contribution in [1.29, 1.82) is 0 Å². The summed E-state index contributed by atoms with van der Waals surface area (Å²) in [6.45, 7) is 0.638. The van der Waals surface area contributed by atoms with Crippen molar-refractivity contribution in [2.24, 2.45) is 0 Å². The van der Waals surface area contributed by atoms with Gasteiger partial charge < -0.3 is 10.4 Å². The third-order valence-corrected chi connectivity index (χ3v) is 7.04. The van der Waals surface area contributed by atoms with E-state index in [9.17, 15) is 9.59 Å². The van der Waals surface area contributed by atoms with E-state index in [-0.39, 0.29) is 18.2 Å². The van der Waals surface area contributed by atoms with Crippen molar-refractivity contribution in [2.75, 3.05) is 6.54 Å². The number of ketones is 1. The predicted octanol–water partition coefficient (Wildman–Crippen LogP) is 6.38. The van der Waals surface area contributed by atoms with Crippen LogP contribution in [0.1, 0.15) is 47.3 Å². The molecule has 192 valence electrons. The number of Topliss-reactive ketones (excluding diaryl/α,β-unsaturated/α-hetero) is 1. The van der Waals surface area contributed by atoms with Crippen molar-refractivity contribution in [3.8, 4) is 11.3 Å². The SMILES string of the molecule is O=C(O)CCCCc1nc2cc(C(=O)C3CC(c4ccccc4)=CCN3)ccc2nc1-c1ccc(Cl)cc1. The van der Waals surface area contributed by atoms with Crippen LogP contribution in [0.2, 0.25) is 5.02 Å². The zero-order valence-electron chi connectivity index (χ0n) is 20.9. The molecule has 1 aliphatic rings. The molecule has 6 nitrogen and oxygen atoms in total. The number of carboxylic acids is 1. The molecule has 1 unspecified atom stereocenters. The number of nitrogens with zero attached hydrogens (tertiary/aromatic N) is 2. The molecular weight excluding hydrogens is 498 g/mol. The van der Waals surface area contributed by atoms with E-state index < -0.39 is 5.97 Å². The quantitative estimate of drug-likeness (QED) is 0.195. The summed E-state index contributed by atoms with van der Waals surface area (Å²) in [6.07, 6.45) is 4.69. The van der Waals surface area contributed by atoms with Crippen LogP contribution in [-0.2, 0) is 11.2 Å². The van der Waals surface area contributed by atoms with Crippen molar-refractivity contribution in [3.05, 3.63) is 101 Å². The summed E-state index contributed by atoms with van der Waals surface area (Å²) in [5.41, 5.74) is 6.66. The van der Waals surface area contributed by atoms with Crippen LogP contribution in [-0.4, -0.2) is 39.4 Å². The highest BCUT2D eigenvalue weighted by Gasteiger charge is 2.24. The number of aryl methyl sites for hydroxylation is 1. The summed E-state index contributed by atoms with van der Waals surface area (Å²) in [5, 5.41) is 13.0. The van der Waals surface area contributed by atoms with E-state index in [1.165, 1.54) is 5.57 Å². The number of aliphatic carboxylic acids is 1. The smallest absolute Gasteiger partial charge is 0.303 e. The Morgan fingerprint density at radius 1 is 0.921 bits per heavy atom. The van der Waals surface area contributed by atoms with E-state index in [1.54, 1.807) is 0 Å². The summed E-state index contributed by atoms with van der Waals surface area (Å²) >= 11 is 6.09. The molecule has 0 fully saturated rings. The van der Waals surface area contributed by atoms with E-state index in [0.717, 1.165) is 22.5 Å². The lowest BCUT2D eigenvalue weighted by atomic mass is 9.91. The van der Waals surface area contributed by atoms with Crippen LogP contribution >= 0.6 is 11.6 Å². The fourth-order valence-electron chi connectivity index (χ4n) is 4.80. The first kappa shape index (κ1) is 25.8. The minimum absolute atomic E-state index is 0.0278. The normalized spacial score (nSPS) is 15.3.